The van der Waals surface area contributed by atoms with Crippen molar-refractivity contribution in [2.45, 2.75) is 46.2 Å². The molecule has 0 saturated heterocycles. The molecule has 0 saturated carbocycles. The van der Waals surface area contributed by atoms with Crippen LogP contribution in [0.1, 0.15) is 45.6 Å². The van der Waals surface area contributed by atoms with E-state index in [1.165, 1.54) is 6.07 Å². The first kappa shape index (κ1) is 20.5. The van der Waals surface area contributed by atoms with Gasteiger partial charge in [-0.05, 0) is 0 Å². The zero-order valence-corrected chi connectivity index (χ0v) is 16.0. The van der Waals surface area contributed by atoms with Crippen molar-refractivity contribution in [3.63, 3.8) is 0 Å². The molecule has 3 nitrogen and oxygen atoms in total. The molecule has 0 heterocycles. The molecule has 1 rings (SSSR count). The fraction of sp³-hybridized carbons (Fsp3) is 0.625. The van der Waals surface area contributed by atoms with Gasteiger partial charge in [-0.1, -0.05) is 0 Å². The molecule has 23 heavy (non-hydrogen) atoms. The summed E-state index contributed by atoms with van der Waals surface area (Å²) in [6.45, 7) is 7.05. The molecule has 0 aliphatic carbocycles. The van der Waals surface area contributed by atoms with E-state index in [-0.39, 0.29) is 0 Å². The van der Waals surface area contributed by atoms with Gasteiger partial charge in [0.2, 0.25) is 0 Å². The van der Waals surface area contributed by atoms with Gasteiger partial charge in [-0.25, -0.2) is 0 Å². The number of hydrogen-bond donors (Lipinski definition) is 0. The Hall–Kier alpha value is -0.567. The Morgan fingerprint density at radius 3 is 1.74 bits per heavy atom. The Morgan fingerprint density at radius 1 is 0.870 bits per heavy atom. The van der Waals surface area contributed by atoms with E-state index < -0.39 is 26.0 Å². The van der Waals surface area contributed by atoms with Crippen molar-refractivity contribution in [3.05, 3.63) is 29.8 Å². The Labute approximate surface area is 139 Å². The van der Waals surface area contributed by atoms with Crippen LogP contribution in [-0.4, -0.2) is 34.1 Å². The molecule has 1 aromatic rings. The summed E-state index contributed by atoms with van der Waals surface area (Å²) in [6, 6.07) is 5.17. The number of hydrogen-bond acceptors (Lipinski definition) is 3. The van der Waals surface area contributed by atoms with Crippen LogP contribution in [0, 0.1) is 0 Å². The third-order valence-corrected chi connectivity index (χ3v) is 8.85. The van der Waals surface area contributed by atoms with Gasteiger partial charge in [0.25, 0.3) is 0 Å². The van der Waals surface area contributed by atoms with E-state index in [9.17, 15) is 13.2 Å². The van der Waals surface area contributed by atoms with Crippen LogP contribution in [-0.2, 0) is 17.5 Å². The van der Waals surface area contributed by atoms with Crippen LogP contribution in [0.15, 0.2) is 24.3 Å². The van der Waals surface area contributed by atoms with Gasteiger partial charge >= 0.3 is 139 Å². The first-order valence-corrected chi connectivity index (χ1v) is 11.6. The van der Waals surface area contributed by atoms with E-state index in [1.807, 2.05) is 20.8 Å². The molecule has 0 aliphatic rings. The van der Waals surface area contributed by atoms with Crippen LogP contribution in [0.25, 0.3) is 0 Å². The minimum atomic E-state index is -4.40. The van der Waals surface area contributed by atoms with Crippen molar-refractivity contribution in [1.82, 2.24) is 0 Å². The fourth-order valence-electron chi connectivity index (χ4n) is 1.97. The monoisotopic (exact) mass is 396 g/mol. The van der Waals surface area contributed by atoms with Crippen LogP contribution in [0.4, 0.5) is 13.2 Å². The predicted octanol–water partition coefficient (Wildman–Crippen LogP) is 4.13. The maximum absolute atomic E-state index is 13.0. The molecule has 0 aromatic heterocycles. The molecule has 0 fully saturated rings. The van der Waals surface area contributed by atoms with E-state index >= 15 is 0 Å². The topological polar surface area (TPSA) is 27.7 Å². The standard InChI is InChI=1S/C16H25F3GeO3/c1-4-10-21-20(22-11-5-2,23-12-6-3)15-9-7-8-14(13-15)16(17,18)19/h7-9,13H,4-6,10-12H2,1-3H3. The third kappa shape index (κ3) is 6.10. The van der Waals surface area contributed by atoms with E-state index in [2.05, 4.69) is 0 Å². The van der Waals surface area contributed by atoms with Gasteiger partial charge in [0.15, 0.2) is 0 Å². The Kier molecular flexibility index (Phi) is 8.60. The first-order valence-electron chi connectivity index (χ1n) is 7.99. The fourth-order valence-corrected chi connectivity index (χ4v) is 7.85. The molecule has 0 atom stereocenters. The number of rotatable bonds is 10. The molecule has 7 heteroatoms. The molecule has 0 unspecified atom stereocenters. The first-order chi connectivity index (χ1) is 10.9. The summed E-state index contributed by atoms with van der Waals surface area (Å²) < 4.78 is 57.2. The van der Waals surface area contributed by atoms with Crippen molar-refractivity contribution < 1.29 is 24.5 Å². The predicted molar refractivity (Wildman–Crippen MR) is 85.6 cm³/mol. The van der Waals surface area contributed by atoms with Crippen molar-refractivity contribution in [2.24, 2.45) is 0 Å². The summed E-state index contributed by atoms with van der Waals surface area (Å²) in [6.07, 6.45) is -2.16. The molecule has 0 aliphatic heterocycles. The summed E-state index contributed by atoms with van der Waals surface area (Å²) in [4.78, 5) is 0. The SMILES string of the molecule is CCC[O][Ge]([O]CCC)([O]CCC)[c]1cccc(C(F)(F)F)c1. The van der Waals surface area contributed by atoms with Crippen LogP contribution in [0.2, 0.25) is 0 Å². The summed E-state index contributed by atoms with van der Waals surface area (Å²) in [7, 11) is 0. The van der Waals surface area contributed by atoms with Crippen molar-refractivity contribution in [3.8, 4) is 0 Å². The summed E-state index contributed by atoms with van der Waals surface area (Å²) in [5.41, 5.74) is -0.703. The molecular formula is C16H25F3GeO3. The van der Waals surface area contributed by atoms with E-state index in [0.29, 0.717) is 24.2 Å². The Balaban J connectivity index is 3.23. The van der Waals surface area contributed by atoms with Crippen molar-refractivity contribution in [1.29, 1.82) is 0 Å². The van der Waals surface area contributed by atoms with Gasteiger partial charge in [0, 0.05) is 0 Å². The molecule has 0 N–H and O–H groups in total. The van der Waals surface area contributed by atoms with Crippen LogP contribution in [0.3, 0.4) is 0 Å². The van der Waals surface area contributed by atoms with Crippen LogP contribution < -0.4 is 4.40 Å². The second-order valence-corrected chi connectivity index (χ2v) is 10.5. The summed E-state index contributed by atoms with van der Waals surface area (Å²) >= 11 is -3.96. The van der Waals surface area contributed by atoms with Crippen molar-refractivity contribution in [2.75, 3.05) is 19.8 Å². The summed E-state index contributed by atoms with van der Waals surface area (Å²) in [5.74, 6) is 0. The normalized spacial score (nSPS) is 12.6. The van der Waals surface area contributed by atoms with Gasteiger partial charge in [0.1, 0.15) is 0 Å². The van der Waals surface area contributed by atoms with Gasteiger partial charge in [0.05, 0.1) is 0 Å². The third-order valence-electron chi connectivity index (χ3n) is 3.03. The van der Waals surface area contributed by atoms with E-state index in [1.54, 1.807) is 6.07 Å². The Morgan fingerprint density at radius 2 is 1.35 bits per heavy atom. The maximum atomic E-state index is 13.0. The molecule has 0 amide bonds. The average Bonchev–Trinajstić information content (AvgIpc) is 2.54. The molecule has 0 radical (unpaired) electrons. The van der Waals surface area contributed by atoms with Crippen LogP contribution >= 0.6 is 0 Å². The zero-order chi connectivity index (χ0) is 17.3. The zero-order valence-electron chi connectivity index (χ0n) is 13.9. The van der Waals surface area contributed by atoms with E-state index in [0.717, 1.165) is 31.4 Å². The number of alkyl halides is 3. The van der Waals surface area contributed by atoms with Gasteiger partial charge < -0.3 is 0 Å². The number of halogens is 3. The molecular weight excluding hydrogens is 370 g/mol. The molecule has 132 valence electrons. The molecule has 0 spiro atoms. The van der Waals surface area contributed by atoms with Gasteiger partial charge in [-0.3, -0.25) is 0 Å². The quantitative estimate of drug-likeness (QED) is 0.558. The van der Waals surface area contributed by atoms with Crippen LogP contribution in [0.5, 0.6) is 0 Å². The summed E-state index contributed by atoms with van der Waals surface area (Å²) in [5, 5.41) is 0. The van der Waals surface area contributed by atoms with Crippen molar-refractivity contribution >= 4 is 18.7 Å². The van der Waals surface area contributed by atoms with Gasteiger partial charge in [-0.15, -0.1) is 0 Å². The average molecular weight is 395 g/mol. The Bertz CT molecular complexity index is 444. The van der Waals surface area contributed by atoms with Gasteiger partial charge in [-0.2, -0.15) is 0 Å². The molecule has 1 aromatic carbocycles. The minimum absolute atomic E-state index is 0.406. The molecule has 0 bridgehead atoms. The number of benzene rings is 1. The second kappa shape index (κ2) is 9.66. The van der Waals surface area contributed by atoms with E-state index in [4.69, 9.17) is 11.3 Å². The second-order valence-electron chi connectivity index (χ2n) is 5.18.